The number of hydrogen-bond acceptors (Lipinski definition) is 8. The third-order valence-electron chi connectivity index (χ3n) is 5.31. The maximum absolute atomic E-state index is 13.2. The van der Waals surface area contributed by atoms with Gasteiger partial charge in [0.05, 0.1) is 32.2 Å². The number of sulfonamides is 1. The van der Waals surface area contributed by atoms with Gasteiger partial charge in [-0.25, -0.2) is 8.42 Å². The van der Waals surface area contributed by atoms with E-state index in [2.05, 4.69) is 25.0 Å². The van der Waals surface area contributed by atoms with Crippen molar-refractivity contribution in [3.63, 3.8) is 0 Å². The monoisotopic (exact) mass is 497 g/mol. The summed E-state index contributed by atoms with van der Waals surface area (Å²) in [7, 11) is -0.807. The van der Waals surface area contributed by atoms with Crippen molar-refractivity contribution in [1.29, 1.82) is 0 Å². The Bertz CT molecular complexity index is 1420. The van der Waals surface area contributed by atoms with Crippen LogP contribution in [0.5, 0.6) is 11.5 Å². The van der Waals surface area contributed by atoms with Gasteiger partial charge in [-0.05, 0) is 50.1 Å². The van der Waals surface area contributed by atoms with Crippen LogP contribution >= 0.6 is 0 Å². The molecular weight excluding hydrogens is 470 g/mol. The molecule has 1 N–H and O–H groups in total. The summed E-state index contributed by atoms with van der Waals surface area (Å²) in [4.78, 5) is 4.25. The molecule has 0 unspecified atom stereocenters. The Morgan fingerprint density at radius 2 is 1.74 bits per heavy atom. The van der Waals surface area contributed by atoms with Gasteiger partial charge in [0.1, 0.15) is 17.2 Å². The molecule has 0 bridgehead atoms. The lowest BCUT2D eigenvalue weighted by molar-refractivity contribution is 0.391. The first-order chi connectivity index (χ1) is 16.7. The molecule has 4 aromatic rings. The van der Waals surface area contributed by atoms with Crippen molar-refractivity contribution in [2.75, 3.05) is 24.7 Å². The topological polar surface area (TPSA) is 126 Å². The standard InChI is InChI=1S/C23H27N7O4S/c1-15-9-18(12-24-10-15)22-26-27-23(30(22)21-19(33-4)7-6-8-20(21)34-5)28-35(31,32)14-17(3)29-13-16(2)11-25-29/h6-13,17H,14H2,1-5H3,(H,27,28)/t17-/m0/s1. The number of hydrogen-bond donors (Lipinski definition) is 1. The average molecular weight is 498 g/mol. The summed E-state index contributed by atoms with van der Waals surface area (Å²) in [5.41, 5.74) is 2.96. The largest absolute Gasteiger partial charge is 0.494 e. The molecule has 1 aromatic carbocycles. The van der Waals surface area contributed by atoms with Crippen LogP contribution in [0.1, 0.15) is 24.1 Å². The number of benzene rings is 1. The van der Waals surface area contributed by atoms with Crippen molar-refractivity contribution >= 4 is 16.0 Å². The van der Waals surface area contributed by atoms with Crippen LogP contribution in [0.3, 0.4) is 0 Å². The normalized spacial score (nSPS) is 12.4. The van der Waals surface area contributed by atoms with Crippen molar-refractivity contribution < 1.29 is 17.9 Å². The maximum Gasteiger partial charge on any atom is 0.243 e. The minimum Gasteiger partial charge on any atom is -0.494 e. The third kappa shape index (κ3) is 5.11. The van der Waals surface area contributed by atoms with Crippen LogP contribution in [0, 0.1) is 13.8 Å². The number of ether oxygens (including phenoxy) is 2. The fourth-order valence-electron chi connectivity index (χ4n) is 3.73. The molecule has 12 heteroatoms. The van der Waals surface area contributed by atoms with Crippen LogP contribution in [0.15, 0.2) is 49.1 Å². The Morgan fingerprint density at radius 3 is 2.34 bits per heavy atom. The zero-order valence-electron chi connectivity index (χ0n) is 20.1. The SMILES string of the molecule is COc1cccc(OC)c1-n1c(NS(=O)(=O)C[C@H](C)n2cc(C)cn2)nnc1-c1cncc(C)c1. The smallest absolute Gasteiger partial charge is 0.243 e. The van der Waals surface area contributed by atoms with Gasteiger partial charge in [-0.2, -0.15) is 5.10 Å². The van der Waals surface area contributed by atoms with Gasteiger partial charge in [-0.3, -0.25) is 19.0 Å². The van der Waals surface area contributed by atoms with Gasteiger partial charge in [0.2, 0.25) is 16.0 Å². The Labute approximate surface area is 203 Å². The van der Waals surface area contributed by atoms with E-state index in [4.69, 9.17) is 9.47 Å². The zero-order chi connectivity index (χ0) is 25.2. The second-order valence-corrected chi connectivity index (χ2v) is 9.94. The summed E-state index contributed by atoms with van der Waals surface area (Å²) in [5, 5.41) is 12.7. The first-order valence-corrected chi connectivity index (χ1v) is 12.5. The van der Waals surface area contributed by atoms with Gasteiger partial charge in [0.15, 0.2) is 5.82 Å². The van der Waals surface area contributed by atoms with Gasteiger partial charge in [-0.15, -0.1) is 10.2 Å². The summed E-state index contributed by atoms with van der Waals surface area (Å²) in [5.74, 6) is 1.05. The van der Waals surface area contributed by atoms with E-state index in [-0.39, 0.29) is 11.7 Å². The fourth-order valence-corrected chi connectivity index (χ4v) is 5.01. The molecule has 0 aliphatic carbocycles. The Morgan fingerprint density at radius 1 is 1.03 bits per heavy atom. The van der Waals surface area contributed by atoms with Crippen molar-refractivity contribution in [2.24, 2.45) is 0 Å². The molecule has 184 valence electrons. The lowest BCUT2D eigenvalue weighted by Crippen LogP contribution is -2.25. The molecule has 3 heterocycles. The van der Waals surface area contributed by atoms with E-state index in [9.17, 15) is 8.42 Å². The second-order valence-electron chi connectivity index (χ2n) is 8.17. The molecule has 3 aromatic heterocycles. The summed E-state index contributed by atoms with van der Waals surface area (Å²) in [6.45, 7) is 5.58. The van der Waals surface area contributed by atoms with Gasteiger partial charge in [-0.1, -0.05) is 6.07 Å². The number of aryl methyl sites for hydroxylation is 2. The molecule has 0 spiro atoms. The van der Waals surface area contributed by atoms with Crippen LogP contribution < -0.4 is 14.2 Å². The molecule has 35 heavy (non-hydrogen) atoms. The molecular formula is C23H27N7O4S. The van der Waals surface area contributed by atoms with Crippen LogP contribution in [0.25, 0.3) is 17.1 Å². The molecule has 1 atom stereocenters. The highest BCUT2D eigenvalue weighted by Crippen LogP contribution is 2.37. The summed E-state index contributed by atoms with van der Waals surface area (Å²) < 4.78 is 43.3. The molecule has 0 saturated carbocycles. The van der Waals surface area contributed by atoms with Gasteiger partial charge < -0.3 is 9.47 Å². The molecule has 0 aliphatic heterocycles. The number of rotatable bonds is 9. The summed E-state index contributed by atoms with van der Waals surface area (Å²) in [6, 6.07) is 6.75. The molecule has 0 amide bonds. The van der Waals surface area contributed by atoms with Crippen molar-refractivity contribution in [3.8, 4) is 28.6 Å². The minimum absolute atomic E-state index is 0.00634. The molecule has 0 saturated heterocycles. The van der Waals surface area contributed by atoms with Crippen LogP contribution in [0.4, 0.5) is 5.95 Å². The highest BCUT2D eigenvalue weighted by atomic mass is 32.2. The van der Waals surface area contributed by atoms with Gasteiger partial charge in [0, 0.05) is 24.2 Å². The van der Waals surface area contributed by atoms with Crippen LogP contribution in [-0.4, -0.2) is 57.9 Å². The second kappa shape index (κ2) is 9.74. The van der Waals surface area contributed by atoms with E-state index in [1.165, 1.54) is 14.2 Å². The number of para-hydroxylation sites is 1. The molecule has 0 aliphatic rings. The number of pyridine rings is 1. The lowest BCUT2D eigenvalue weighted by atomic mass is 10.2. The number of aromatic nitrogens is 6. The van der Waals surface area contributed by atoms with Crippen LogP contribution in [-0.2, 0) is 10.0 Å². The molecule has 4 rings (SSSR count). The Balaban J connectivity index is 1.82. The van der Waals surface area contributed by atoms with E-state index in [1.54, 1.807) is 59.2 Å². The van der Waals surface area contributed by atoms with Gasteiger partial charge in [0.25, 0.3) is 0 Å². The predicted molar refractivity (Wildman–Crippen MR) is 132 cm³/mol. The van der Waals surface area contributed by atoms with E-state index >= 15 is 0 Å². The number of anilines is 1. The van der Waals surface area contributed by atoms with E-state index < -0.39 is 16.1 Å². The first kappa shape index (κ1) is 24.2. The molecule has 0 fully saturated rings. The van der Waals surface area contributed by atoms with Crippen molar-refractivity contribution in [1.82, 2.24) is 29.5 Å². The van der Waals surface area contributed by atoms with E-state index in [0.29, 0.717) is 28.6 Å². The fraction of sp³-hybridized carbons (Fsp3) is 0.304. The predicted octanol–water partition coefficient (Wildman–Crippen LogP) is 3.16. The average Bonchev–Trinajstić information content (AvgIpc) is 3.44. The summed E-state index contributed by atoms with van der Waals surface area (Å²) in [6.07, 6.45) is 6.83. The molecule has 0 radical (unpaired) electrons. The number of nitrogens with zero attached hydrogens (tertiary/aromatic N) is 6. The quantitative estimate of drug-likeness (QED) is 0.374. The first-order valence-electron chi connectivity index (χ1n) is 10.8. The number of nitrogens with one attached hydrogen (secondary N) is 1. The summed E-state index contributed by atoms with van der Waals surface area (Å²) >= 11 is 0. The Kier molecular flexibility index (Phi) is 6.74. The molecule has 11 nitrogen and oxygen atoms in total. The minimum atomic E-state index is -3.85. The highest BCUT2D eigenvalue weighted by molar-refractivity contribution is 7.92. The Hall–Kier alpha value is -3.93. The highest BCUT2D eigenvalue weighted by Gasteiger charge is 2.26. The lowest BCUT2D eigenvalue weighted by Gasteiger charge is -2.18. The zero-order valence-corrected chi connectivity index (χ0v) is 20.9. The third-order valence-corrected chi connectivity index (χ3v) is 6.73. The van der Waals surface area contributed by atoms with E-state index in [1.807, 2.05) is 19.9 Å². The van der Waals surface area contributed by atoms with Crippen molar-refractivity contribution in [3.05, 3.63) is 60.2 Å². The number of methoxy groups -OCH3 is 2. The van der Waals surface area contributed by atoms with Crippen molar-refractivity contribution in [2.45, 2.75) is 26.8 Å². The van der Waals surface area contributed by atoms with Gasteiger partial charge >= 0.3 is 0 Å². The van der Waals surface area contributed by atoms with Crippen LogP contribution in [0.2, 0.25) is 0 Å². The maximum atomic E-state index is 13.2. The van der Waals surface area contributed by atoms with E-state index in [0.717, 1.165) is 11.1 Å².